The number of amides is 1. The third-order valence-electron chi connectivity index (χ3n) is 4.38. The average molecular weight is 422 g/mol. The lowest BCUT2D eigenvalue weighted by Crippen LogP contribution is -2.20. The monoisotopic (exact) mass is 421 g/mol. The average Bonchev–Trinajstić information content (AvgIpc) is 3.18. The van der Waals surface area contributed by atoms with Gasteiger partial charge < -0.3 is 19.8 Å². The van der Waals surface area contributed by atoms with Gasteiger partial charge in [0.2, 0.25) is 0 Å². The van der Waals surface area contributed by atoms with Gasteiger partial charge in [-0.1, -0.05) is 41.9 Å². The van der Waals surface area contributed by atoms with Gasteiger partial charge in [0.15, 0.2) is 18.1 Å². The minimum Gasteiger partial charge on any atom is -0.490 e. The summed E-state index contributed by atoms with van der Waals surface area (Å²) < 4.78 is 11.4. The molecule has 0 unspecified atom stereocenters. The number of imidazole rings is 1. The van der Waals surface area contributed by atoms with E-state index in [0.29, 0.717) is 34.6 Å². The molecule has 0 aliphatic carbocycles. The number of hydrogen-bond donors (Lipinski definition) is 2. The molecule has 0 aliphatic heterocycles. The topological polar surface area (TPSA) is 76.2 Å². The molecule has 3 aromatic carbocycles. The standard InChI is InChI=1S/C23H20ClN3O3/c1-2-29-20-13-15(23-26-18-10-6-7-11-19(18)27-23)12-17(24)22(20)30-14-21(28)25-16-8-4-3-5-9-16/h3-13H,2,14H2,1H3,(H,25,28)(H,26,27). The zero-order chi connectivity index (χ0) is 20.9. The number of nitrogens with one attached hydrogen (secondary N) is 2. The first-order chi connectivity index (χ1) is 14.6. The lowest BCUT2D eigenvalue weighted by atomic mass is 10.2. The second-order valence-corrected chi connectivity index (χ2v) is 6.93. The first-order valence-electron chi connectivity index (χ1n) is 9.53. The number of carbonyl (C=O) groups excluding carboxylic acids is 1. The number of fused-ring (bicyclic) bond motifs is 1. The molecule has 0 spiro atoms. The van der Waals surface area contributed by atoms with Gasteiger partial charge >= 0.3 is 0 Å². The largest absolute Gasteiger partial charge is 0.490 e. The molecule has 0 bridgehead atoms. The normalized spacial score (nSPS) is 10.7. The summed E-state index contributed by atoms with van der Waals surface area (Å²) in [4.78, 5) is 20.1. The number of benzene rings is 3. The van der Waals surface area contributed by atoms with E-state index in [1.54, 1.807) is 24.3 Å². The molecule has 4 rings (SSSR count). The summed E-state index contributed by atoms with van der Waals surface area (Å²) in [6, 6.07) is 20.5. The second kappa shape index (κ2) is 8.88. The Morgan fingerprint density at radius 3 is 2.60 bits per heavy atom. The van der Waals surface area contributed by atoms with Gasteiger partial charge in [-0.3, -0.25) is 4.79 Å². The van der Waals surface area contributed by atoms with Crippen molar-refractivity contribution in [1.29, 1.82) is 0 Å². The molecule has 0 aliphatic rings. The van der Waals surface area contributed by atoms with E-state index >= 15 is 0 Å². The number of nitrogens with zero attached hydrogens (tertiary/aromatic N) is 1. The Bertz CT molecular complexity index is 1140. The van der Waals surface area contributed by atoms with Crippen LogP contribution in [0.4, 0.5) is 5.69 Å². The van der Waals surface area contributed by atoms with Crippen LogP contribution in [0.1, 0.15) is 6.92 Å². The van der Waals surface area contributed by atoms with Gasteiger partial charge in [0, 0.05) is 11.3 Å². The maximum atomic E-state index is 12.2. The first kappa shape index (κ1) is 19.8. The molecule has 0 atom stereocenters. The van der Waals surface area contributed by atoms with Crippen LogP contribution in [0.2, 0.25) is 5.02 Å². The van der Waals surface area contributed by atoms with E-state index in [-0.39, 0.29) is 12.5 Å². The van der Waals surface area contributed by atoms with Crippen LogP contribution in [0.25, 0.3) is 22.4 Å². The van der Waals surface area contributed by atoms with Crippen LogP contribution >= 0.6 is 11.6 Å². The third-order valence-corrected chi connectivity index (χ3v) is 4.66. The molecule has 0 fully saturated rings. The molecule has 2 N–H and O–H groups in total. The smallest absolute Gasteiger partial charge is 0.262 e. The molecule has 0 radical (unpaired) electrons. The molecule has 1 amide bonds. The van der Waals surface area contributed by atoms with E-state index < -0.39 is 0 Å². The molecule has 6 nitrogen and oxygen atoms in total. The molecule has 30 heavy (non-hydrogen) atoms. The molecule has 0 saturated heterocycles. The minimum atomic E-state index is -0.291. The SMILES string of the molecule is CCOc1cc(-c2nc3ccccc3[nH]2)cc(Cl)c1OCC(=O)Nc1ccccc1. The van der Waals surface area contributed by atoms with Gasteiger partial charge in [-0.15, -0.1) is 0 Å². The van der Waals surface area contributed by atoms with Crippen molar-refractivity contribution in [2.75, 3.05) is 18.5 Å². The Morgan fingerprint density at radius 1 is 1.07 bits per heavy atom. The number of halogens is 1. The van der Waals surface area contributed by atoms with E-state index in [1.807, 2.05) is 49.4 Å². The molecule has 4 aromatic rings. The van der Waals surface area contributed by atoms with Gasteiger partial charge in [0.25, 0.3) is 5.91 Å². The van der Waals surface area contributed by atoms with Crippen LogP contribution in [0.5, 0.6) is 11.5 Å². The zero-order valence-electron chi connectivity index (χ0n) is 16.3. The fraction of sp³-hybridized carbons (Fsp3) is 0.130. The summed E-state index contributed by atoms with van der Waals surface area (Å²) in [6.45, 7) is 2.10. The van der Waals surface area contributed by atoms with Crippen molar-refractivity contribution >= 4 is 34.2 Å². The Balaban J connectivity index is 1.56. The van der Waals surface area contributed by atoms with Gasteiger partial charge in [0.05, 0.1) is 22.7 Å². The number of rotatable bonds is 7. The predicted molar refractivity (Wildman–Crippen MR) is 118 cm³/mol. The van der Waals surface area contributed by atoms with Crippen molar-refractivity contribution in [2.24, 2.45) is 0 Å². The molecular weight excluding hydrogens is 402 g/mol. The fourth-order valence-electron chi connectivity index (χ4n) is 3.05. The van der Waals surface area contributed by atoms with Crippen molar-refractivity contribution in [3.8, 4) is 22.9 Å². The number of hydrogen-bond acceptors (Lipinski definition) is 4. The Morgan fingerprint density at radius 2 is 1.83 bits per heavy atom. The van der Waals surface area contributed by atoms with E-state index in [2.05, 4.69) is 15.3 Å². The van der Waals surface area contributed by atoms with Crippen molar-refractivity contribution in [1.82, 2.24) is 9.97 Å². The van der Waals surface area contributed by atoms with E-state index in [4.69, 9.17) is 21.1 Å². The summed E-state index contributed by atoms with van der Waals surface area (Å²) in [6.07, 6.45) is 0. The summed E-state index contributed by atoms with van der Waals surface area (Å²) >= 11 is 6.48. The maximum absolute atomic E-state index is 12.2. The number of carbonyl (C=O) groups is 1. The van der Waals surface area contributed by atoms with Crippen molar-refractivity contribution in [3.05, 3.63) is 71.8 Å². The van der Waals surface area contributed by atoms with Crippen LogP contribution in [0.3, 0.4) is 0 Å². The molecule has 1 aromatic heterocycles. The van der Waals surface area contributed by atoms with E-state index in [0.717, 1.165) is 16.6 Å². The van der Waals surface area contributed by atoms with Crippen LogP contribution in [0, 0.1) is 0 Å². The predicted octanol–water partition coefficient (Wildman–Crippen LogP) is 5.30. The van der Waals surface area contributed by atoms with Crippen LogP contribution in [-0.4, -0.2) is 29.1 Å². The first-order valence-corrected chi connectivity index (χ1v) is 9.91. The maximum Gasteiger partial charge on any atom is 0.262 e. The highest BCUT2D eigenvalue weighted by Gasteiger charge is 2.17. The molecule has 152 valence electrons. The number of H-pyrrole nitrogens is 1. The van der Waals surface area contributed by atoms with E-state index in [9.17, 15) is 4.79 Å². The highest BCUT2D eigenvalue weighted by Crippen LogP contribution is 2.39. The van der Waals surface area contributed by atoms with Gasteiger partial charge in [-0.25, -0.2) is 4.98 Å². The molecule has 7 heteroatoms. The molecule has 0 saturated carbocycles. The number of aromatic nitrogens is 2. The lowest BCUT2D eigenvalue weighted by Gasteiger charge is -2.15. The van der Waals surface area contributed by atoms with Gasteiger partial charge in [0.1, 0.15) is 5.82 Å². The summed E-state index contributed by atoms with van der Waals surface area (Å²) in [5, 5.41) is 3.11. The minimum absolute atomic E-state index is 0.196. The van der Waals surface area contributed by atoms with E-state index in [1.165, 1.54) is 0 Å². The molecule has 1 heterocycles. The lowest BCUT2D eigenvalue weighted by molar-refractivity contribution is -0.118. The summed E-state index contributed by atoms with van der Waals surface area (Å²) in [7, 11) is 0. The summed E-state index contributed by atoms with van der Waals surface area (Å²) in [5.41, 5.74) is 3.25. The number of aromatic amines is 1. The number of ether oxygens (including phenoxy) is 2. The van der Waals surface area contributed by atoms with Gasteiger partial charge in [-0.2, -0.15) is 0 Å². The Labute approximate surface area is 178 Å². The summed E-state index contributed by atoms with van der Waals surface area (Å²) in [5.74, 6) is 1.16. The van der Waals surface area contributed by atoms with Crippen molar-refractivity contribution < 1.29 is 14.3 Å². The quantitative estimate of drug-likeness (QED) is 0.424. The Hall–Kier alpha value is -3.51. The number of para-hydroxylation sites is 3. The highest BCUT2D eigenvalue weighted by molar-refractivity contribution is 6.32. The Kier molecular flexibility index (Phi) is 5.86. The van der Waals surface area contributed by atoms with Gasteiger partial charge in [-0.05, 0) is 43.3 Å². The fourth-order valence-corrected chi connectivity index (χ4v) is 3.32. The highest BCUT2D eigenvalue weighted by atomic mass is 35.5. The second-order valence-electron chi connectivity index (χ2n) is 6.52. The van der Waals surface area contributed by atoms with Crippen molar-refractivity contribution in [2.45, 2.75) is 6.92 Å². The third kappa shape index (κ3) is 4.39. The van der Waals surface area contributed by atoms with Crippen molar-refractivity contribution in [3.63, 3.8) is 0 Å². The van der Waals surface area contributed by atoms with Crippen LogP contribution in [-0.2, 0) is 4.79 Å². The molecular formula is C23H20ClN3O3. The number of anilines is 1. The zero-order valence-corrected chi connectivity index (χ0v) is 17.1. The van der Waals surface area contributed by atoms with Crippen LogP contribution < -0.4 is 14.8 Å². The van der Waals surface area contributed by atoms with Crippen LogP contribution in [0.15, 0.2) is 66.7 Å².